The number of sulfonamides is 1. The van der Waals surface area contributed by atoms with Crippen LogP contribution < -0.4 is 10.5 Å². The molecule has 0 aliphatic heterocycles. The Morgan fingerprint density at radius 3 is 2.54 bits per heavy atom. The summed E-state index contributed by atoms with van der Waals surface area (Å²) in [5.41, 5.74) is 3.98. The average molecular weight is 430 g/mol. The van der Waals surface area contributed by atoms with E-state index in [0.29, 0.717) is 5.69 Å². The van der Waals surface area contributed by atoms with E-state index in [0.717, 1.165) is 32.1 Å². The van der Waals surface area contributed by atoms with E-state index in [-0.39, 0.29) is 9.77 Å². The summed E-state index contributed by atoms with van der Waals surface area (Å²) in [6.07, 6.45) is 0. The van der Waals surface area contributed by atoms with E-state index in [1.165, 1.54) is 17.0 Å². The summed E-state index contributed by atoms with van der Waals surface area (Å²) in [5, 5.41) is 10.2. The van der Waals surface area contributed by atoms with Crippen molar-refractivity contribution in [2.75, 3.05) is 5.32 Å². The van der Waals surface area contributed by atoms with Gasteiger partial charge >= 0.3 is 0 Å². The molecule has 4 rings (SSSR count). The lowest BCUT2D eigenvalue weighted by atomic mass is 10.2. The molecule has 2 aromatic carbocycles. The molecule has 0 fully saturated rings. The lowest BCUT2D eigenvalue weighted by Crippen LogP contribution is -2.12. The molecule has 9 heteroatoms. The van der Waals surface area contributed by atoms with Crippen molar-refractivity contribution in [3.05, 3.63) is 65.0 Å². The first-order valence-electron chi connectivity index (χ1n) is 8.20. The maximum Gasteiger partial charge on any atom is 0.256 e. The van der Waals surface area contributed by atoms with Gasteiger partial charge in [-0.1, -0.05) is 6.07 Å². The van der Waals surface area contributed by atoms with Gasteiger partial charge in [0.25, 0.3) is 5.91 Å². The van der Waals surface area contributed by atoms with Gasteiger partial charge in [-0.3, -0.25) is 4.79 Å². The number of fused-ring (bicyclic) bond motifs is 1. The molecular formula is C19H15N3O3S3. The number of aryl methyl sites for hydroxylation is 1. The summed E-state index contributed by atoms with van der Waals surface area (Å²) in [6.45, 7) is 2.05. The second kappa shape index (κ2) is 7.10. The molecule has 0 atom stereocenters. The first-order valence-corrected chi connectivity index (χ1v) is 11.4. The Hall–Kier alpha value is -2.59. The number of aromatic nitrogens is 1. The summed E-state index contributed by atoms with van der Waals surface area (Å²) in [6, 6.07) is 14.8. The Kier molecular flexibility index (Phi) is 4.76. The van der Waals surface area contributed by atoms with Gasteiger partial charge in [0.05, 0.1) is 15.8 Å². The van der Waals surface area contributed by atoms with Gasteiger partial charge in [0.15, 0.2) is 0 Å². The average Bonchev–Trinajstić information content (AvgIpc) is 3.29. The number of nitrogens with zero attached hydrogens (tertiary/aromatic N) is 1. The minimum Gasteiger partial charge on any atom is -0.322 e. The number of rotatable bonds is 4. The second-order valence-electron chi connectivity index (χ2n) is 6.22. The van der Waals surface area contributed by atoms with E-state index in [9.17, 15) is 13.2 Å². The van der Waals surface area contributed by atoms with Crippen LogP contribution in [0.3, 0.4) is 0 Å². The monoisotopic (exact) mass is 429 g/mol. The number of carbonyl (C=O) groups is 1. The van der Waals surface area contributed by atoms with Crippen LogP contribution in [0.4, 0.5) is 5.69 Å². The van der Waals surface area contributed by atoms with E-state index < -0.39 is 15.9 Å². The predicted molar refractivity (Wildman–Crippen MR) is 113 cm³/mol. The Bertz CT molecular complexity index is 1290. The van der Waals surface area contributed by atoms with E-state index in [1.807, 2.05) is 24.3 Å². The highest BCUT2D eigenvalue weighted by Crippen LogP contribution is 2.31. The molecule has 0 saturated heterocycles. The zero-order chi connectivity index (χ0) is 19.9. The van der Waals surface area contributed by atoms with Crippen LogP contribution in [-0.4, -0.2) is 19.3 Å². The van der Waals surface area contributed by atoms with Gasteiger partial charge in [-0.05, 0) is 55.0 Å². The number of thiophene rings is 1. The van der Waals surface area contributed by atoms with Crippen molar-refractivity contribution in [1.82, 2.24) is 4.98 Å². The van der Waals surface area contributed by atoms with Crippen LogP contribution in [0, 0.1) is 6.92 Å². The fourth-order valence-corrected chi connectivity index (χ4v) is 5.29. The quantitative estimate of drug-likeness (QED) is 0.507. The number of nitrogens with one attached hydrogen (secondary N) is 1. The standard InChI is InChI=1S/C19H15N3O3S3/c1-11-2-7-15-16(8-11)27-19(22-15)12-3-5-14(6-4-12)21-18(23)13-9-17(26-10-13)28(20,24)25/h2-10H,1H3,(H,21,23)(H2,20,24,25). The highest BCUT2D eigenvalue weighted by Gasteiger charge is 2.15. The molecule has 2 heterocycles. The molecule has 0 unspecified atom stereocenters. The fourth-order valence-electron chi connectivity index (χ4n) is 2.64. The molecule has 4 aromatic rings. The number of amides is 1. The van der Waals surface area contributed by atoms with Gasteiger partial charge in [0.1, 0.15) is 9.22 Å². The van der Waals surface area contributed by atoms with E-state index in [1.54, 1.807) is 23.5 Å². The largest absolute Gasteiger partial charge is 0.322 e. The van der Waals surface area contributed by atoms with Crippen LogP contribution in [0.5, 0.6) is 0 Å². The molecule has 142 valence electrons. The zero-order valence-electron chi connectivity index (χ0n) is 14.7. The summed E-state index contributed by atoms with van der Waals surface area (Å²) in [5.74, 6) is -0.394. The van der Waals surface area contributed by atoms with Crippen molar-refractivity contribution in [2.24, 2.45) is 5.14 Å². The second-order valence-corrected chi connectivity index (χ2v) is 9.95. The zero-order valence-corrected chi connectivity index (χ0v) is 17.1. The molecule has 0 spiro atoms. The third-order valence-corrected chi connectivity index (χ3v) is 7.51. The number of anilines is 1. The SMILES string of the molecule is Cc1ccc2nc(-c3ccc(NC(=O)c4csc(S(N)(=O)=O)c4)cc3)sc2c1. The lowest BCUT2D eigenvalue weighted by molar-refractivity contribution is 0.102. The molecule has 0 saturated carbocycles. The third kappa shape index (κ3) is 3.83. The van der Waals surface area contributed by atoms with Crippen LogP contribution >= 0.6 is 22.7 Å². The van der Waals surface area contributed by atoms with Gasteiger partial charge < -0.3 is 5.32 Å². The highest BCUT2D eigenvalue weighted by molar-refractivity contribution is 7.91. The molecule has 0 aliphatic carbocycles. The Morgan fingerprint density at radius 1 is 1.11 bits per heavy atom. The predicted octanol–water partition coefficient (Wildman–Crippen LogP) is 4.23. The molecule has 3 N–H and O–H groups in total. The fraction of sp³-hybridized carbons (Fsp3) is 0.0526. The number of thiazole rings is 1. The summed E-state index contributed by atoms with van der Waals surface area (Å²) in [7, 11) is -3.81. The highest BCUT2D eigenvalue weighted by atomic mass is 32.2. The van der Waals surface area contributed by atoms with E-state index >= 15 is 0 Å². The summed E-state index contributed by atoms with van der Waals surface area (Å²) < 4.78 is 23.8. The molecule has 6 nitrogen and oxygen atoms in total. The first-order chi connectivity index (χ1) is 13.3. The normalized spacial score (nSPS) is 11.6. The number of hydrogen-bond donors (Lipinski definition) is 2. The van der Waals surface area contributed by atoms with Gasteiger partial charge in [-0.2, -0.15) is 0 Å². The number of nitrogens with two attached hydrogens (primary N) is 1. The maximum absolute atomic E-state index is 12.3. The van der Waals surface area contributed by atoms with Crippen LogP contribution in [0.1, 0.15) is 15.9 Å². The minimum atomic E-state index is -3.81. The number of benzene rings is 2. The van der Waals surface area contributed by atoms with Crippen LogP contribution in [0.2, 0.25) is 0 Å². The minimum absolute atomic E-state index is 0.0425. The third-order valence-electron chi connectivity index (χ3n) is 4.05. The first kappa shape index (κ1) is 18.8. The summed E-state index contributed by atoms with van der Waals surface area (Å²) in [4.78, 5) is 17.0. The van der Waals surface area contributed by atoms with E-state index in [2.05, 4.69) is 23.3 Å². The number of hydrogen-bond acceptors (Lipinski definition) is 6. The smallest absolute Gasteiger partial charge is 0.256 e. The molecular weight excluding hydrogens is 414 g/mol. The van der Waals surface area contributed by atoms with Gasteiger partial charge in [0.2, 0.25) is 10.0 Å². The maximum atomic E-state index is 12.3. The molecule has 2 aromatic heterocycles. The topological polar surface area (TPSA) is 102 Å². The lowest BCUT2D eigenvalue weighted by Gasteiger charge is -2.04. The van der Waals surface area contributed by atoms with Crippen molar-refractivity contribution in [3.63, 3.8) is 0 Å². The van der Waals surface area contributed by atoms with Gasteiger partial charge in [0, 0.05) is 16.6 Å². The van der Waals surface area contributed by atoms with E-state index in [4.69, 9.17) is 5.14 Å². The molecule has 0 bridgehead atoms. The van der Waals surface area contributed by atoms with Gasteiger partial charge in [-0.25, -0.2) is 18.5 Å². The van der Waals surface area contributed by atoms with Crippen molar-refractivity contribution in [2.45, 2.75) is 11.1 Å². The molecule has 1 amide bonds. The van der Waals surface area contributed by atoms with Crippen molar-refractivity contribution < 1.29 is 13.2 Å². The van der Waals surface area contributed by atoms with Crippen LogP contribution in [-0.2, 0) is 10.0 Å². The van der Waals surface area contributed by atoms with Crippen molar-refractivity contribution >= 4 is 54.5 Å². The number of carbonyl (C=O) groups excluding carboxylic acids is 1. The molecule has 0 aliphatic rings. The Morgan fingerprint density at radius 2 is 1.86 bits per heavy atom. The van der Waals surface area contributed by atoms with Gasteiger partial charge in [-0.15, -0.1) is 22.7 Å². The summed E-state index contributed by atoms with van der Waals surface area (Å²) >= 11 is 2.54. The Balaban J connectivity index is 1.52. The van der Waals surface area contributed by atoms with Crippen LogP contribution in [0.25, 0.3) is 20.8 Å². The van der Waals surface area contributed by atoms with Crippen molar-refractivity contribution in [1.29, 1.82) is 0 Å². The molecule has 0 radical (unpaired) electrons. The van der Waals surface area contributed by atoms with Crippen molar-refractivity contribution in [3.8, 4) is 10.6 Å². The molecule has 28 heavy (non-hydrogen) atoms. The van der Waals surface area contributed by atoms with Crippen LogP contribution in [0.15, 0.2) is 58.1 Å². The number of primary sulfonamides is 1. The Labute approximate surface area is 169 Å².